The van der Waals surface area contributed by atoms with Crippen LogP contribution in [-0.4, -0.2) is 14.2 Å². The molecule has 0 radical (unpaired) electrons. The van der Waals surface area contributed by atoms with Gasteiger partial charge in [0.25, 0.3) is 0 Å². The lowest BCUT2D eigenvalue weighted by Gasteiger charge is -2.22. The van der Waals surface area contributed by atoms with E-state index in [2.05, 4.69) is 5.32 Å². The van der Waals surface area contributed by atoms with Crippen molar-refractivity contribution in [2.24, 2.45) is 0 Å². The summed E-state index contributed by atoms with van der Waals surface area (Å²) in [5, 5.41) is 2.98. The lowest BCUT2D eigenvalue weighted by Crippen LogP contribution is -2.21. The predicted octanol–water partition coefficient (Wildman–Crippen LogP) is 3.90. The van der Waals surface area contributed by atoms with Crippen LogP contribution < -0.4 is 10.1 Å². The monoisotopic (exact) mass is 291 g/mol. The molecule has 0 spiro atoms. The van der Waals surface area contributed by atoms with Crippen molar-refractivity contribution in [3.8, 4) is 5.75 Å². The fourth-order valence-corrected chi connectivity index (χ4v) is 2.55. The van der Waals surface area contributed by atoms with Crippen LogP contribution in [0.15, 0.2) is 30.3 Å². The fourth-order valence-electron chi connectivity index (χ4n) is 2.55. The molecule has 0 aromatic heterocycles. The zero-order chi connectivity index (χ0) is 15.6. The standard InChI is InChI=1S/C17H19F2NO/c1-10-8-9-12(17(21-4)11(10)2)16(20-3)15-13(18)6-5-7-14(15)19/h5-9,16,20H,1-4H3. The fraction of sp³-hybridized carbons (Fsp3) is 0.294. The van der Waals surface area contributed by atoms with E-state index in [1.54, 1.807) is 14.2 Å². The van der Waals surface area contributed by atoms with Gasteiger partial charge in [-0.05, 0) is 44.2 Å². The molecule has 0 aliphatic heterocycles. The minimum Gasteiger partial charge on any atom is -0.496 e. The molecular weight excluding hydrogens is 272 g/mol. The van der Waals surface area contributed by atoms with Crippen molar-refractivity contribution in [3.05, 3.63) is 64.2 Å². The van der Waals surface area contributed by atoms with Crippen LogP contribution >= 0.6 is 0 Å². The highest BCUT2D eigenvalue weighted by Crippen LogP contribution is 2.35. The molecule has 0 bridgehead atoms. The molecular formula is C17H19F2NO. The summed E-state index contributed by atoms with van der Waals surface area (Å²) in [4.78, 5) is 0. The molecule has 0 amide bonds. The topological polar surface area (TPSA) is 21.3 Å². The van der Waals surface area contributed by atoms with Gasteiger partial charge in [-0.15, -0.1) is 0 Å². The summed E-state index contributed by atoms with van der Waals surface area (Å²) >= 11 is 0. The first kappa shape index (κ1) is 15.4. The van der Waals surface area contributed by atoms with Crippen LogP contribution in [0, 0.1) is 25.5 Å². The first-order valence-electron chi connectivity index (χ1n) is 6.76. The highest BCUT2D eigenvalue weighted by molar-refractivity contribution is 5.49. The second kappa shape index (κ2) is 6.22. The van der Waals surface area contributed by atoms with Crippen molar-refractivity contribution < 1.29 is 13.5 Å². The largest absolute Gasteiger partial charge is 0.496 e. The van der Waals surface area contributed by atoms with Gasteiger partial charge in [0.15, 0.2) is 0 Å². The quantitative estimate of drug-likeness (QED) is 0.922. The Hall–Kier alpha value is -1.94. The Morgan fingerprint density at radius 2 is 1.67 bits per heavy atom. The molecule has 0 heterocycles. The van der Waals surface area contributed by atoms with Crippen molar-refractivity contribution in [3.63, 3.8) is 0 Å². The molecule has 2 aromatic carbocycles. The minimum absolute atomic E-state index is 0.00144. The molecule has 2 aromatic rings. The Bertz CT molecular complexity index is 635. The van der Waals surface area contributed by atoms with Crippen molar-refractivity contribution in [1.82, 2.24) is 5.32 Å². The van der Waals surface area contributed by atoms with E-state index in [9.17, 15) is 8.78 Å². The Labute approximate surface area is 123 Å². The Balaban J connectivity index is 2.65. The summed E-state index contributed by atoms with van der Waals surface area (Å²) < 4.78 is 33.6. The number of nitrogens with one attached hydrogen (secondary N) is 1. The van der Waals surface area contributed by atoms with Crippen molar-refractivity contribution >= 4 is 0 Å². The molecule has 0 saturated carbocycles. The number of ether oxygens (including phenoxy) is 1. The lowest BCUT2D eigenvalue weighted by atomic mass is 9.93. The molecule has 112 valence electrons. The molecule has 1 atom stereocenters. The first-order chi connectivity index (χ1) is 10.0. The minimum atomic E-state index is -0.611. The Morgan fingerprint density at radius 1 is 1.05 bits per heavy atom. The predicted molar refractivity (Wildman–Crippen MR) is 79.7 cm³/mol. The number of aryl methyl sites for hydroxylation is 1. The molecule has 4 heteroatoms. The molecule has 0 saturated heterocycles. The van der Waals surface area contributed by atoms with E-state index in [-0.39, 0.29) is 5.56 Å². The molecule has 1 N–H and O–H groups in total. The van der Waals surface area contributed by atoms with E-state index in [4.69, 9.17) is 4.74 Å². The van der Waals surface area contributed by atoms with E-state index < -0.39 is 17.7 Å². The number of hydrogen-bond donors (Lipinski definition) is 1. The molecule has 21 heavy (non-hydrogen) atoms. The van der Waals surface area contributed by atoms with Crippen LogP contribution in [0.2, 0.25) is 0 Å². The van der Waals surface area contributed by atoms with Crippen molar-refractivity contribution in [2.45, 2.75) is 19.9 Å². The van der Waals surface area contributed by atoms with Crippen LogP contribution in [0.4, 0.5) is 8.78 Å². The zero-order valence-corrected chi connectivity index (χ0v) is 12.6. The highest BCUT2D eigenvalue weighted by atomic mass is 19.1. The summed E-state index contributed by atoms with van der Waals surface area (Å²) in [5.41, 5.74) is 2.75. The zero-order valence-electron chi connectivity index (χ0n) is 12.6. The van der Waals surface area contributed by atoms with E-state index in [1.165, 1.54) is 18.2 Å². The smallest absolute Gasteiger partial charge is 0.131 e. The maximum absolute atomic E-state index is 14.1. The number of hydrogen-bond acceptors (Lipinski definition) is 2. The van der Waals surface area contributed by atoms with Gasteiger partial charge in [0.2, 0.25) is 0 Å². The second-order valence-corrected chi connectivity index (χ2v) is 4.99. The van der Waals surface area contributed by atoms with Crippen molar-refractivity contribution in [1.29, 1.82) is 0 Å². The third-order valence-electron chi connectivity index (χ3n) is 3.80. The van der Waals surface area contributed by atoms with Gasteiger partial charge in [0, 0.05) is 11.1 Å². The first-order valence-corrected chi connectivity index (χ1v) is 6.76. The van der Waals surface area contributed by atoms with Crippen LogP contribution in [0.3, 0.4) is 0 Å². The van der Waals surface area contributed by atoms with Gasteiger partial charge in [-0.1, -0.05) is 18.2 Å². The van der Waals surface area contributed by atoms with Gasteiger partial charge in [-0.2, -0.15) is 0 Å². The molecule has 0 aliphatic carbocycles. The molecule has 0 aliphatic rings. The summed E-state index contributed by atoms with van der Waals surface area (Å²) in [5.74, 6) is -0.499. The van der Waals surface area contributed by atoms with Gasteiger partial charge in [0.1, 0.15) is 17.4 Å². The molecule has 0 fully saturated rings. The normalized spacial score (nSPS) is 12.3. The van der Waals surface area contributed by atoms with Crippen LogP contribution in [0.5, 0.6) is 5.75 Å². The summed E-state index contributed by atoms with van der Waals surface area (Å²) in [6, 6.07) is 7.04. The average Bonchev–Trinajstić information content (AvgIpc) is 2.46. The van der Waals surface area contributed by atoms with E-state index in [0.717, 1.165) is 11.1 Å². The number of rotatable bonds is 4. The number of halogens is 2. The van der Waals surface area contributed by atoms with Crippen molar-refractivity contribution in [2.75, 3.05) is 14.2 Å². The number of methoxy groups -OCH3 is 1. The highest BCUT2D eigenvalue weighted by Gasteiger charge is 2.24. The van der Waals surface area contributed by atoms with Gasteiger partial charge in [-0.25, -0.2) is 8.78 Å². The maximum atomic E-state index is 14.1. The second-order valence-electron chi connectivity index (χ2n) is 4.99. The number of benzene rings is 2. The lowest BCUT2D eigenvalue weighted by molar-refractivity contribution is 0.399. The van der Waals surface area contributed by atoms with Gasteiger partial charge >= 0.3 is 0 Å². The summed E-state index contributed by atoms with van der Waals surface area (Å²) in [7, 11) is 3.24. The molecule has 2 rings (SSSR count). The molecule has 2 nitrogen and oxygen atoms in total. The third kappa shape index (κ3) is 2.76. The maximum Gasteiger partial charge on any atom is 0.131 e. The van der Waals surface area contributed by atoms with Gasteiger partial charge in [-0.3, -0.25) is 0 Å². The van der Waals surface area contributed by atoms with Crippen LogP contribution in [0.1, 0.15) is 28.3 Å². The van der Waals surface area contributed by atoms with Gasteiger partial charge in [0.05, 0.1) is 13.2 Å². The van der Waals surface area contributed by atoms with Gasteiger partial charge < -0.3 is 10.1 Å². The van der Waals surface area contributed by atoms with E-state index >= 15 is 0 Å². The average molecular weight is 291 g/mol. The SMILES string of the molecule is CNC(c1ccc(C)c(C)c1OC)c1c(F)cccc1F. The summed E-state index contributed by atoms with van der Waals surface area (Å²) in [6.45, 7) is 3.90. The third-order valence-corrected chi connectivity index (χ3v) is 3.80. The summed E-state index contributed by atoms with van der Waals surface area (Å²) in [6.07, 6.45) is 0. The van der Waals surface area contributed by atoms with Crippen LogP contribution in [-0.2, 0) is 0 Å². The Morgan fingerprint density at radius 3 is 2.19 bits per heavy atom. The Kier molecular flexibility index (Phi) is 4.58. The van der Waals surface area contributed by atoms with E-state index in [0.29, 0.717) is 11.3 Å². The molecule has 1 unspecified atom stereocenters. The van der Waals surface area contributed by atoms with Crippen LogP contribution in [0.25, 0.3) is 0 Å². The van der Waals surface area contributed by atoms with E-state index in [1.807, 2.05) is 26.0 Å².